The maximum Gasteiger partial charge on any atom is 0.243 e. The molecule has 156 valence electrons. The molecule has 1 heterocycles. The first kappa shape index (κ1) is 21.1. The number of carbonyl (C=O) groups excluding carboxylic acids is 1. The van der Waals surface area contributed by atoms with Gasteiger partial charge in [0, 0.05) is 13.2 Å². The molecule has 1 saturated heterocycles. The highest BCUT2D eigenvalue weighted by Gasteiger charge is 2.29. The van der Waals surface area contributed by atoms with Crippen LogP contribution < -0.4 is 14.4 Å². The van der Waals surface area contributed by atoms with Crippen LogP contribution in [0.25, 0.3) is 0 Å². The predicted octanol–water partition coefficient (Wildman–Crippen LogP) is 2.93. The average molecular weight is 419 g/mol. The van der Waals surface area contributed by atoms with Crippen LogP contribution in [0.3, 0.4) is 0 Å². The second-order valence-corrected chi connectivity index (χ2v) is 8.88. The van der Waals surface area contributed by atoms with Crippen molar-refractivity contribution in [2.75, 3.05) is 23.7 Å². The van der Waals surface area contributed by atoms with E-state index in [-0.39, 0.29) is 12.0 Å². The van der Waals surface area contributed by atoms with Gasteiger partial charge in [0.15, 0.2) is 0 Å². The normalized spacial score (nSPS) is 17.5. The van der Waals surface area contributed by atoms with Crippen LogP contribution in [0.5, 0.6) is 11.5 Å². The summed E-state index contributed by atoms with van der Waals surface area (Å²) in [6.07, 6.45) is 2.95. The Morgan fingerprint density at radius 1 is 1.17 bits per heavy atom. The molecule has 0 unspecified atom stereocenters. The van der Waals surface area contributed by atoms with Crippen molar-refractivity contribution >= 4 is 21.6 Å². The first-order valence-corrected chi connectivity index (χ1v) is 11.4. The summed E-state index contributed by atoms with van der Waals surface area (Å²) in [5.41, 5.74) is 0.396. The minimum absolute atomic E-state index is 0.00717. The zero-order valence-electron chi connectivity index (χ0n) is 16.6. The Morgan fingerprint density at radius 3 is 2.41 bits per heavy atom. The van der Waals surface area contributed by atoms with E-state index in [1.807, 2.05) is 30.3 Å². The summed E-state index contributed by atoms with van der Waals surface area (Å²) < 4.78 is 37.2. The third-order valence-corrected chi connectivity index (χ3v) is 5.93. The Balaban J connectivity index is 1.71. The highest BCUT2D eigenvalue weighted by Crippen LogP contribution is 2.27. The molecule has 1 aliphatic heterocycles. The fourth-order valence-corrected chi connectivity index (χ4v) is 4.44. The van der Waals surface area contributed by atoms with Crippen molar-refractivity contribution in [2.45, 2.75) is 31.9 Å². The number of carbonyl (C=O) groups is 1. The van der Waals surface area contributed by atoms with Crippen LogP contribution in [-0.4, -0.2) is 45.9 Å². The van der Waals surface area contributed by atoms with E-state index in [2.05, 4.69) is 5.32 Å². The smallest absolute Gasteiger partial charge is 0.243 e. The van der Waals surface area contributed by atoms with E-state index < -0.39 is 16.1 Å². The zero-order valence-corrected chi connectivity index (χ0v) is 17.4. The first-order chi connectivity index (χ1) is 13.8. The van der Waals surface area contributed by atoms with Gasteiger partial charge in [0.25, 0.3) is 0 Å². The SMILES string of the molecule is C[C@H](C(=O)NC[C@H]1CCCO1)N(c1ccc(Oc2ccccc2)cc1)S(C)(=O)=O. The van der Waals surface area contributed by atoms with E-state index in [0.29, 0.717) is 30.3 Å². The standard InChI is InChI=1S/C21H26N2O5S/c1-16(21(24)22-15-20-9-6-14-27-20)23(29(2,25)26)17-10-12-19(13-11-17)28-18-7-4-3-5-8-18/h3-5,7-8,10-13,16,20H,6,9,14-15H2,1-2H3,(H,22,24)/t16-,20-/m1/s1. The maximum atomic E-state index is 12.6. The number of hydrogen-bond donors (Lipinski definition) is 1. The van der Waals surface area contributed by atoms with Gasteiger partial charge in [0.2, 0.25) is 15.9 Å². The molecule has 8 heteroatoms. The molecule has 7 nitrogen and oxygen atoms in total. The molecular formula is C21H26N2O5S. The highest BCUT2D eigenvalue weighted by atomic mass is 32.2. The van der Waals surface area contributed by atoms with Gasteiger partial charge >= 0.3 is 0 Å². The van der Waals surface area contributed by atoms with Crippen molar-refractivity contribution in [1.82, 2.24) is 5.32 Å². The minimum atomic E-state index is -3.67. The molecule has 2 aromatic carbocycles. The van der Waals surface area contributed by atoms with Crippen molar-refractivity contribution in [3.05, 3.63) is 54.6 Å². The first-order valence-electron chi connectivity index (χ1n) is 9.56. The summed E-state index contributed by atoms with van der Waals surface area (Å²) in [6, 6.07) is 15.0. The van der Waals surface area contributed by atoms with Crippen LogP contribution in [0.15, 0.2) is 54.6 Å². The summed E-state index contributed by atoms with van der Waals surface area (Å²) >= 11 is 0. The van der Waals surface area contributed by atoms with E-state index >= 15 is 0 Å². The number of nitrogens with zero attached hydrogens (tertiary/aromatic N) is 1. The Kier molecular flexibility index (Phi) is 6.76. The lowest BCUT2D eigenvalue weighted by Gasteiger charge is -2.28. The van der Waals surface area contributed by atoms with Gasteiger partial charge in [-0.1, -0.05) is 18.2 Å². The number of rotatable bonds is 8. The van der Waals surface area contributed by atoms with Crippen molar-refractivity contribution in [1.29, 1.82) is 0 Å². The largest absolute Gasteiger partial charge is 0.457 e. The van der Waals surface area contributed by atoms with Crippen molar-refractivity contribution in [2.24, 2.45) is 0 Å². The Labute approximate surface area is 171 Å². The summed E-state index contributed by atoms with van der Waals surface area (Å²) in [7, 11) is -3.67. The lowest BCUT2D eigenvalue weighted by atomic mass is 10.2. The molecule has 2 aromatic rings. The molecular weight excluding hydrogens is 392 g/mol. The number of anilines is 1. The Hall–Kier alpha value is -2.58. The molecule has 1 amide bonds. The van der Waals surface area contributed by atoms with Crippen LogP contribution >= 0.6 is 0 Å². The summed E-state index contributed by atoms with van der Waals surface area (Å²) in [5, 5.41) is 2.80. The molecule has 2 atom stereocenters. The minimum Gasteiger partial charge on any atom is -0.457 e. The fourth-order valence-electron chi connectivity index (χ4n) is 3.26. The van der Waals surface area contributed by atoms with Gasteiger partial charge in [0.1, 0.15) is 17.5 Å². The van der Waals surface area contributed by atoms with Crippen LogP contribution in [0.4, 0.5) is 5.69 Å². The molecule has 29 heavy (non-hydrogen) atoms. The van der Waals surface area contributed by atoms with Gasteiger partial charge in [-0.2, -0.15) is 0 Å². The van der Waals surface area contributed by atoms with Crippen LogP contribution in [0.2, 0.25) is 0 Å². The van der Waals surface area contributed by atoms with Gasteiger partial charge in [-0.05, 0) is 56.2 Å². The number of hydrogen-bond acceptors (Lipinski definition) is 5. The topological polar surface area (TPSA) is 84.9 Å². The van der Waals surface area contributed by atoms with E-state index in [9.17, 15) is 13.2 Å². The maximum absolute atomic E-state index is 12.6. The lowest BCUT2D eigenvalue weighted by Crippen LogP contribution is -2.49. The zero-order chi connectivity index (χ0) is 20.9. The van der Waals surface area contributed by atoms with Gasteiger partial charge in [-0.3, -0.25) is 9.10 Å². The van der Waals surface area contributed by atoms with Crippen molar-refractivity contribution < 1.29 is 22.7 Å². The third kappa shape index (κ3) is 5.71. The molecule has 1 aliphatic rings. The quantitative estimate of drug-likeness (QED) is 0.713. The van der Waals surface area contributed by atoms with Crippen LogP contribution in [0, 0.1) is 0 Å². The van der Waals surface area contributed by atoms with Gasteiger partial charge in [-0.25, -0.2) is 8.42 Å². The van der Waals surface area contributed by atoms with Gasteiger partial charge in [0.05, 0.1) is 18.0 Å². The number of nitrogens with one attached hydrogen (secondary N) is 1. The lowest BCUT2D eigenvalue weighted by molar-refractivity contribution is -0.122. The Bertz CT molecular complexity index is 910. The number of benzene rings is 2. The molecule has 3 rings (SSSR count). The van der Waals surface area contributed by atoms with Crippen molar-refractivity contribution in [3.63, 3.8) is 0 Å². The monoisotopic (exact) mass is 418 g/mol. The Morgan fingerprint density at radius 2 is 1.83 bits per heavy atom. The van der Waals surface area contributed by atoms with E-state index in [0.717, 1.165) is 23.4 Å². The predicted molar refractivity (Wildman–Crippen MR) is 112 cm³/mol. The summed E-state index contributed by atoms with van der Waals surface area (Å²) in [6.45, 7) is 2.65. The third-order valence-electron chi connectivity index (χ3n) is 4.69. The molecule has 0 aromatic heterocycles. The average Bonchev–Trinajstić information content (AvgIpc) is 3.21. The van der Waals surface area contributed by atoms with Crippen LogP contribution in [0.1, 0.15) is 19.8 Å². The highest BCUT2D eigenvalue weighted by molar-refractivity contribution is 7.92. The van der Waals surface area contributed by atoms with Gasteiger partial charge in [-0.15, -0.1) is 0 Å². The van der Waals surface area contributed by atoms with Crippen molar-refractivity contribution in [3.8, 4) is 11.5 Å². The molecule has 0 aliphatic carbocycles. The molecule has 0 saturated carbocycles. The van der Waals surface area contributed by atoms with E-state index in [1.54, 1.807) is 31.2 Å². The molecule has 0 bridgehead atoms. The number of sulfonamides is 1. The summed E-state index contributed by atoms with van der Waals surface area (Å²) in [4.78, 5) is 12.6. The fraction of sp³-hybridized carbons (Fsp3) is 0.381. The molecule has 1 N–H and O–H groups in total. The summed E-state index contributed by atoms with van der Waals surface area (Å²) in [5.74, 6) is 0.890. The van der Waals surface area contributed by atoms with Gasteiger partial charge < -0.3 is 14.8 Å². The number of ether oxygens (including phenoxy) is 2. The molecule has 1 fully saturated rings. The number of amides is 1. The molecule has 0 spiro atoms. The second kappa shape index (κ2) is 9.28. The molecule has 0 radical (unpaired) electrons. The number of para-hydroxylation sites is 1. The second-order valence-electron chi connectivity index (χ2n) is 7.02. The van der Waals surface area contributed by atoms with E-state index in [4.69, 9.17) is 9.47 Å². The van der Waals surface area contributed by atoms with E-state index in [1.165, 1.54) is 0 Å². The van der Waals surface area contributed by atoms with Crippen LogP contribution in [-0.2, 0) is 19.6 Å².